The summed E-state index contributed by atoms with van der Waals surface area (Å²) in [6, 6.07) is 4.93. The molecule has 3 amide bonds. The van der Waals surface area contributed by atoms with Gasteiger partial charge in [-0.2, -0.15) is 0 Å². The third-order valence-electron chi connectivity index (χ3n) is 4.57. The van der Waals surface area contributed by atoms with E-state index in [1.54, 1.807) is 12.1 Å². The molecule has 1 aromatic carbocycles. The Bertz CT molecular complexity index is 855. The SMILES string of the molecule is CC(C)NC(=O)c1cn(CC2CC(F)CN2C(=O)NCc2ccc(F)cc2)nn1. The second-order valence-corrected chi connectivity index (χ2v) is 7.38. The summed E-state index contributed by atoms with van der Waals surface area (Å²) in [5.41, 5.74) is 0.908. The van der Waals surface area contributed by atoms with Crippen LogP contribution in [0.4, 0.5) is 13.6 Å². The van der Waals surface area contributed by atoms with Crippen LogP contribution in [0.1, 0.15) is 36.3 Å². The molecule has 1 aliphatic rings. The van der Waals surface area contributed by atoms with E-state index in [0.29, 0.717) is 0 Å². The van der Waals surface area contributed by atoms with Gasteiger partial charge in [0.2, 0.25) is 0 Å². The van der Waals surface area contributed by atoms with E-state index in [-0.39, 0.29) is 49.5 Å². The molecule has 1 aliphatic heterocycles. The molecule has 1 saturated heterocycles. The van der Waals surface area contributed by atoms with Crippen LogP contribution in [0, 0.1) is 5.82 Å². The van der Waals surface area contributed by atoms with Crippen molar-refractivity contribution in [3.63, 3.8) is 0 Å². The van der Waals surface area contributed by atoms with Gasteiger partial charge in [0.25, 0.3) is 5.91 Å². The van der Waals surface area contributed by atoms with Crippen molar-refractivity contribution >= 4 is 11.9 Å². The molecule has 0 radical (unpaired) electrons. The highest BCUT2D eigenvalue weighted by atomic mass is 19.1. The maximum absolute atomic E-state index is 14.0. The summed E-state index contributed by atoms with van der Waals surface area (Å²) in [5, 5.41) is 13.2. The van der Waals surface area contributed by atoms with Crippen LogP contribution in [0.2, 0.25) is 0 Å². The molecular formula is C19H24F2N6O2. The van der Waals surface area contributed by atoms with E-state index in [4.69, 9.17) is 0 Å². The molecule has 10 heteroatoms. The number of nitrogens with one attached hydrogen (secondary N) is 2. The van der Waals surface area contributed by atoms with Gasteiger partial charge in [0.15, 0.2) is 5.69 Å². The molecule has 0 aliphatic carbocycles. The van der Waals surface area contributed by atoms with Gasteiger partial charge in [-0.05, 0) is 31.5 Å². The van der Waals surface area contributed by atoms with E-state index in [1.165, 1.54) is 27.9 Å². The molecule has 1 aromatic heterocycles. The third-order valence-corrected chi connectivity index (χ3v) is 4.57. The first-order valence-corrected chi connectivity index (χ1v) is 9.46. The van der Waals surface area contributed by atoms with Crippen LogP contribution in [0.5, 0.6) is 0 Å². The van der Waals surface area contributed by atoms with Gasteiger partial charge in [-0.3, -0.25) is 4.79 Å². The topological polar surface area (TPSA) is 92.2 Å². The number of amides is 3. The van der Waals surface area contributed by atoms with Crippen LogP contribution in [0.15, 0.2) is 30.5 Å². The Hall–Kier alpha value is -3.04. The molecule has 2 aromatic rings. The first-order valence-electron chi connectivity index (χ1n) is 9.46. The van der Waals surface area contributed by atoms with Crippen LogP contribution >= 0.6 is 0 Å². The summed E-state index contributed by atoms with van der Waals surface area (Å²) in [4.78, 5) is 25.9. The maximum atomic E-state index is 14.0. The molecule has 2 atom stereocenters. The smallest absolute Gasteiger partial charge is 0.318 e. The number of carbonyl (C=O) groups excluding carboxylic acids is 2. The first kappa shape index (κ1) is 20.7. The standard InChI is InChI=1S/C19H24F2N6O2/c1-12(2)23-18(28)17-11-26(25-24-17)10-16-7-15(21)9-27(16)19(29)22-8-13-3-5-14(20)6-4-13/h3-6,11-12,15-16H,7-10H2,1-2H3,(H,22,29)(H,23,28). The van der Waals surface area contributed by atoms with Gasteiger partial charge in [-0.15, -0.1) is 5.10 Å². The quantitative estimate of drug-likeness (QED) is 0.766. The lowest BCUT2D eigenvalue weighted by atomic mass is 10.2. The molecule has 156 valence electrons. The normalized spacial score (nSPS) is 18.9. The van der Waals surface area contributed by atoms with Crippen molar-refractivity contribution in [3.8, 4) is 0 Å². The van der Waals surface area contributed by atoms with E-state index in [0.717, 1.165) is 5.56 Å². The number of hydrogen-bond donors (Lipinski definition) is 2. The number of rotatable bonds is 6. The lowest BCUT2D eigenvalue weighted by Gasteiger charge is -2.24. The van der Waals surface area contributed by atoms with Crippen molar-refractivity contribution < 1.29 is 18.4 Å². The first-order chi connectivity index (χ1) is 13.8. The van der Waals surface area contributed by atoms with Crippen molar-refractivity contribution in [1.82, 2.24) is 30.5 Å². The van der Waals surface area contributed by atoms with Crippen LogP contribution < -0.4 is 10.6 Å². The fourth-order valence-electron chi connectivity index (χ4n) is 3.21. The Morgan fingerprint density at radius 1 is 1.28 bits per heavy atom. The molecular weight excluding hydrogens is 382 g/mol. The molecule has 29 heavy (non-hydrogen) atoms. The highest BCUT2D eigenvalue weighted by Gasteiger charge is 2.35. The predicted molar refractivity (Wildman–Crippen MR) is 101 cm³/mol. The lowest BCUT2D eigenvalue weighted by molar-refractivity contribution is 0.0938. The highest BCUT2D eigenvalue weighted by molar-refractivity contribution is 5.91. The summed E-state index contributed by atoms with van der Waals surface area (Å²) < 4.78 is 28.4. The largest absolute Gasteiger partial charge is 0.348 e. The average Bonchev–Trinajstić information content (AvgIpc) is 3.27. The molecule has 1 fully saturated rings. The minimum atomic E-state index is -1.14. The molecule has 2 N–H and O–H groups in total. The summed E-state index contributed by atoms with van der Waals surface area (Å²) in [6.45, 7) is 4.10. The monoisotopic (exact) mass is 406 g/mol. The third kappa shape index (κ3) is 5.49. The van der Waals surface area contributed by atoms with E-state index in [2.05, 4.69) is 20.9 Å². The number of nitrogens with zero attached hydrogens (tertiary/aromatic N) is 4. The molecule has 0 spiro atoms. The van der Waals surface area contributed by atoms with Crippen molar-refractivity contribution in [3.05, 3.63) is 47.5 Å². The molecule has 3 rings (SSSR count). The summed E-state index contributed by atoms with van der Waals surface area (Å²) in [7, 11) is 0. The Morgan fingerprint density at radius 3 is 2.69 bits per heavy atom. The number of alkyl halides is 1. The van der Waals surface area contributed by atoms with E-state index < -0.39 is 18.2 Å². The molecule has 0 bridgehead atoms. The zero-order valence-electron chi connectivity index (χ0n) is 16.3. The van der Waals surface area contributed by atoms with Crippen molar-refractivity contribution in [2.45, 2.75) is 51.6 Å². The summed E-state index contributed by atoms with van der Waals surface area (Å²) in [6.07, 6.45) is 0.527. The molecule has 2 heterocycles. The molecule has 8 nitrogen and oxygen atoms in total. The van der Waals surface area contributed by atoms with Gasteiger partial charge in [0.05, 0.1) is 25.3 Å². The minimum absolute atomic E-state index is 0.0185. The Kier molecular flexibility index (Phi) is 6.40. The van der Waals surface area contributed by atoms with Crippen LogP contribution in [-0.2, 0) is 13.1 Å². The lowest BCUT2D eigenvalue weighted by Crippen LogP contribution is -2.44. The molecule has 0 saturated carbocycles. The zero-order chi connectivity index (χ0) is 21.0. The van der Waals surface area contributed by atoms with Gasteiger partial charge in [-0.25, -0.2) is 18.3 Å². The average molecular weight is 406 g/mol. The van der Waals surface area contributed by atoms with Gasteiger partial charge in [0.1, 0.15) is 12.0 Å². The second-order valence-electron chi connectivity index (χ2n) is 7.38. The van der Waals surface area contributed by atoms with Gasteiger partial charge in [0, 0.05) is 19.0 Å². The summed E-state index contributed by atoms with van der Waals surface area (Å²) >= 11 is 0. The number of urea groups is 1. The minimum Gasteiger partial charge on any atom is -0.348 e. The Balaban J connectivity index is 1.59. The Morgan fingerprint density at radius 2 is 2.00 bits per heavy atom. The Labute approximate surface area is 167 Å². The zero-order valence-corrected chi connectivity index (χ0v) is 16.3. The van der Waals surface area contributed by atoms with E-state index >= 15 is 0 Å². The number of benzene rings is 1. The van der Waals surface area contributed by atoms with Gasteiger partial charge >= 0.3 is 6.03 Å². The van der Waals surface area contributed by atoms with Crippen molar-refractivity contribution in [2.75, 3.05) is 6.54 Å². The fourth-order valence-corrected chi connectivity index (χ4v) is 3.21. The van der Waals surface area contributed by atoms with Gasteiger partial charge < -0.3 is 15.5 Å². The predicted octanol–water partition coefficient (Wildman–Crippen LogP) is 1.88. The number of aromatic nitrogens is 3. The maximum Gasteiger partial charge on any atom is 0.318 e. The van der Waals surface area contributed by atoms with E-state index in [1.807, 2.05) is 13.8 Å². The number of hydrogen-bond acceptors (Lipinski definition) is 4. The molecule has 2 unspecified atom stereocenters. The van der Waals surface area contributed by atoms with Crippen LogP contribution in [0.3, 0.4) is 0 Å². The second kappa shape index (κ2) is 8.97. The van der Waals surface area contributed by atoms with Crippen molar-refractivity contribution in [2.24, 2.45) is 0 Å². The summed E-state index contributed by atoms with van der Waals surface area (Å²) in [5.74, 6) is -0.691. The van der Waals surface area contributed by atoms with Crippen LogP contribution in [-0.4, -0.2) is 56.6 Å². The van der Waals surface area contributed by atoms with Gasteiger partial charge in [-0.1, -0.05) is 17.3 Å². The van der Waals surface area contributed by atoms with E-state index in [9.17, 15) is 18.4 Å². The number of carbonyl (C=O) groups is 2. The number of likely N-dealkylation sites (tertiary alicyclic amines) is 1. The fraction of sp³-hybridized carbons (Fsp3) is 0.474. The van der Waals surface area contributed by atoms with Crippen LogP contribution in [0.25, 0.3) is 0 Å². The van der Waals surface area contributed by atoms with Crippen molar-refractivity contribution in [1.29, 1.82) is 0 Å². The highest BCUT2D eigenvalue weighted by Crippen LogP contribution is 2.22. The number of halogens is 2.